The van der Waals surface area contributed by atoms with Crippen molar-refractivity contribution in [1.29, 1.82) is 0 Å². The molecular formula is C23H25FN4O4S. The Balaban J connectivity index is 1.52. The number of likely N-dealkylation sites (N-methyl/N-ethyl adjacent to an activating group) is 1. The van der Waals surface area contributed by atoms with Crippen LogP contribution in [-0.2, 0) is 16.4 Å². The summed E-state index contributed by atoms with van der Waals surface area (Å²) in [5.74, 6) is -1.16. The van der Waals surface area contributed by atoms with Crippen LogP contribution >= 0.6 is 0 Å². The zero-order chi connectivity index (χ0) is 23.6. The van der Waals surface area contributed by atoms with Gasteiger partial charge >= 0.3 is 0 Å². The van der Waals surface area contributed by atoms with Crippen molar-refractivity contribution in [3.8, 4) is 0 Å². The van der Waals surface area contributed by atoms with Gasteiger partial charge in [-0.2, -0.15) is 5.10 Å². The van der Waals surface area contributed by atoms with Crippen LogP contribution in [0.2, 0.25) is 0 Å². The van der Waals surface area contributed by atoms with Crippen LogP contribution in [0.25, 0.3) is 10.8 Å². The highest BCUT2D eigenvalue weighted by atomic mass is 32.2. The Labute approximate surface area is 190 Å². The average Bonchev–Trinajstić information content (AvgIpc) is 3.66. The molecule has 1 aromatic heterocycles. The van der Waals surface area contributed by atoms with E-state index in [0.717, 1.165) is 0 Å². The molecular weight excluding hydrogens is 447 g/mol. The molecule has 0 saturated heterocycles. The van der Waals surface area contributed by atoms with Crippen LogP contribution in [0.15, 0.2) is 47.3 Å². The third kappa shape index (κ3) is 5.12. The minimum absolute atomic E-state index is 0.0764. The van der Waals surface area contributed by atoms with Crippen molar-refractivity contribution < 1.29 is 17.6 Å². The number of hydrogen-bond acceptors (Lipinski definition) is 5. The summed E-state index contributed by atoms with van der Waals surface area (Å²) >= 11 is 0. The van der Waals surface area contributed by atoms with Crippen molar-refractivity contribution in [3.63, 3.8) is 0 Å². The minimum Gasteiger partial charge on any atom is -0.338 e. The molecule has 2 aromatic carbocycles. The van der Waals surface area contributed by atoms with Gasteiger partial charge in [0.05, 0.1) is 21.9 Å². The van der Waals surface area contributed by atoms with Crippen molar-refractivity contribution in [2.45, 2.75) is 31.4 Å². The van der Waals surface area contributed by atoms with Crippen LogP contribution in [0, 0.1) is 5.82 Å². The van der Waals surface area contributed by atoms with Gasteiger partial charge in [-0.25, -0.2) is 22.6 Å². The molecule has 174 valence electrons. The van der Waals surface area contributed by atoms with E-state index in [0.29, 0.717) is 47.8 Å². The third-order valence-electron chi connectivity index (χ3n) is 5.72. The lowest BCUT2D eigenvalue weighted by atomic mass is 10.0. The number of aromatic amines is 1. The highest BCUT2D eigenvalue weighted by Crippen LogP contribution is 2.27. The molecule has 10 heteroatoms. The van der Waals surface area contributed by atoms with E-state index < -0.39 is 21.7 Å². The van der Waals surface area contributed by atoms with E-state index in [9.17, 15) is 22.4 Å². The lowest BCUT2D eigenvalue weighted by Crippen LogP contribution is -2.39. The number of amides is 1. The van der Waals surface area contributed by atoms with Crippen molar-refractivity contribution in [2.24, 2.45) is 0 Å². The number of aromatic nitrogens is 2. The number of carbonyl (C=O) groups excluding carboxylic acids is 1. The van der Waals surface area contributed by atoms with Crippen LogP contribution < -0.4 is 10.3 Å². The lowest BCUT2D eigenvalue weighted by molar-refractivity contribution is 0.0762. The Morgan fingerprint density at radius 1 is 1.21 bits per heavy atom. The molecule has 1 aliphatic carbocycles. The van der Waals surface area contributed by atoms with Crippen LogP contribution in [0.1, 0.15) is 41.4 Å². The fraction of sp³-hybridized carbons (Fsp3) is 0.348. The maximum atomic E-state index is 14.6. The van der Waals surface area contributed by atoms with Gasteiger partial charge < -0.3 is 4.90 Å². The number of sulfonamides is 1. The molecule has 1 amide bonds. The molecule has 1 aliphatic rings. The summed E-state index contributed by atoms with van der Waals surface area (Å²) in [6.45, 7) is 2.27. The summed E-state index contributed by atoms with van der Waals surface area (Å²) in [4.78, 5) is 26.4. The van der Waals surface area contributed by atoms with Gasteiger partial charge in [0.25, 0.3) is 11.5 Å². The maximum Gasteiger partial charge on any atom is 0.272 e. The van der Waals surface area contributed by atoms with Gasteiger partial charge in [-0.15, -0.1) is 0 Å². The molecule has 1 heterocycles. The number of benzene rings is 2. The molecule has 0 spiro atoms. The normalized spacial score (nSPS) is 13.9. The number of fused-ring (bicyclic) bond motifs is 1. The lowest BCUT2D eigenvalue weighted by Gasteiger charge is -2.22. The van der Waals surface area contributed by atoms with Crippen LogP contribution in [0.3, 0.4) is 0 Å². The van der Waals surface area contributed by atoms with Crippen molar-refractivity contribution in [3.05, 3.63) is 75.5 Å². The van der Waals surface area contributed by atoms with Gasteiger partial charge in [0.2, 0.25) is 10.0 Å². The first-order valence-electron chi connectivity index (χ1n) is 10.8. The summed E-state index contributed by atoms with van der Waals surface area (Å²) in [7, 11) is -3.35. The quantitative estimate of drug-likeness (QED) is 0.496. The molecule has 0 unspecified atom stereocenters. The SMILES string of the molecule is CCN(CCNS(=O)(=O)C1CC1)C(=O)c1cc(Cc2n[nH]c(=O)c3ccccc23)ccc1F. The van der Waals surface area contributed by atoms with E-state index in [1.54, 1.807) is 31.2 Å². The van der Waals surface area contributed by atoms with E-state index in [4.69, 9.17) is 0 Å². The second kappa shape index (κ2) is 9.40. The van der Waals surface area contributed by atoms with Crippen molar-refractivity contribution >= 4 is 26.7 Å². The number of hydrogen-bond donors (Lipinski definition) is 2. The molecule has 33 heavy (non-hydrogen) atoms. The zero-order valence-electron chi connectivity index (χ0n) is 18.2. The average molecular weight is 473 g/mol. The topological polar surface area (TPSA) is 112 Å². The van der Waals surface area contributed by atoms with Crippen molar-refractivity contribution in [2.75, 3.05) is 19.6 Å². The first kappa shape index (κ1) is 23.1. The summed E-state index contributed by atoms with van der Waals surface area (Å²) in [5, 5.41) is 7.48. The van der Waals surface area contributed by atoms with Gasteiger partial charge in [-0.1, -0.05) is 24.3 Å². The summed E-state index contributed by atoms with van der Waals surface area (Å²) in [6, 6.07) is 11.4. The minimum atomic E-state index is -3.35. The van der Waals surface area contributed by atoms with Gasteiger partial charge in [0.1, 0.15) is 5.82 Å². The van der Waals surface area contributed by atoms with Gasteiger partial charge in [0, 0.05) is 31.4 Å². The molecule has 1 saturated carbocycles. The van der Waals surface area contributed by atoms with Gasteiger partial charge in [0.15, 0.2) is 0 Å². The standard InChI is InChI=1S/C23H25FN4O4S/c1-2-28(12-11-25-33(31,32)16-8-9-16)23(30)19-13-15(7-10-20(19)24)14-21-17-5-3-4-6-18(17)22(29)27-26-21/h3-7,10,13,16,25H,2,8-9,11-12,14H2,1H3,(H,27,29). The molecule has 3 aromatic rings. The maximum absolute atomic E-state index is 14.6. The smallest absolute Gasteiger partial charge is 0.272 e. The van der Waals surface area contributed by atoms with E-state index in [2.05, 4.69) is 14.9 Å². The Kier molecular flexibility index (Phi) is 6.57. The second-order valence-corrected chi connectivity index (χ2v) is 10.1. The van der Waals surface area contributed by atoms with Crippen LogP contribution in [-0.4, -0.2) is 54.3 Å². The predicted octanol–water partition coefficient (Wildman–Crippen LogP) is 2.20. The Bertz CT molecular complexity index is 1350. The molecule has 4 rings (SSSR count). The Morgan fingerprint density at radius 2 is 1.94 bits per heavy atom. The first-order valence-corrected chi connectivity index (χ1v) is 12.4. The van der Waals surface area contributed by atoms with E-state index in [-0.39, 0.29) is 29.5 Å². The fourth-order valence-electron chi connectivity index (χ4n) is 3.74. The highest BCUT2D eigenvalue weighted by Gasteiger charge is 2.35. The highest BCUT2D eigenvalue weighted by molar-refractivity contribution is 7.90. The Morgan fingerprint density at radius 3 is 2.64 bits per heavy atom. The van der Waals surface area contributed by atoms with E-state index >= 15 is 0 Å². The predicted molar refractivity (Wildman–Crippen MR) is 123 cm³/mol. The molecule has 2 N–H and O–H groups in total. The number of rotatable bonds is 9. The number of nitrogens with one attached hydrogen (secondary N) is 2. The van der Waals surface area contributed by atoms with Gasteiger partial charge in [-0.3, -0.25) is 9.59 Å². The molecule has 0 atom stereocenters. The monoisotopic (exact) mass is 472 g/mol. The summed E-state index contributed by atoms with van der Waals surface area (Å²) < 4.78 is 41.1. The molecule has 1 fully saturated rings. The molecule has 8 nitrogen and oxygen atoms in total. The van der Waals surface area contributed by atoms with E-state index in [1.165, 1.54) is 17.0 Å². The van der Waals surface area contributed by atoms with Crippen LogP contribution in [0.4, 0.5) is 4.39 Å². The Hall–Kier alpha value is -3.11. The van der Waals surface area contributed by atoms with Crippen LogP contribution in [0.5, 0.6) is 0 Å². The fourth-order valence-corrected chi connectivity index (χ4v) is 5.11. The molecule has 0 bridgehead atoms. The van der Waals surface area contributed by atoms with E-state index in [1.807, 2.05) is 6.07 Å². The molecule has 0 aliphatic heterocycles. The second-order valence-electron chi connectivity index (χ2n) is 8.06. The number of halogens is 1. The van der Waals surface area contributed by atoms with Crippen molar-refractivity contribution in [1.82, 2.24) is 19.8 Å². The zero-order valence-corrected chi connectivity index (χ0v) is 19.0. The number of carbonyl (C=O) groups is 1. The number of H-pyrrole nitrogens is 1. The summed E-state index contributed by atoms with van der Waals surface area (Å²) in [5.41, 5.74) is 0.889. The number of nitrogens with zero attached hydrogens (tertiary/aromatic N) is 2. The third-order valence-corrected chi connectivity index (χ3v) is 7.68. The molecule has 0 radical (unpaired) electrons. The first-order chi connectivity index (χ1) is 15.8. The largest absolute Gasteiger partial charge is 0.338 e. The summed E-state index contributed by atoms with van der Waals surface area (Å²) in [6.07, 6.45) is 1.61. The van der Waals surface area contributed by atoms with Gasteiger partial charge in [-0.05, 0) is 43.5 Å².